The number of para-hydroxylation sites is 1. The van der Waals surface area contributed by atoms with Crippen LogP contribution in [0.1, 0.15) is 11.1 Å². The minimum absolute atomic E-state index is 0.0674. The van der Waals surface area contributed by atoms with Gasteiger partial charge in [0.05, 0.1) is 18.4 Å². The Labute approximate surface area is 183 Å². The lowest BCUT2D eigenvalue weighted by atomic mass is 10.0. The van der Waals surface area contributed by atoms with E-state index in [2.05, 4.69) is 5.32 Å². The summed E-state index contributed by atoms with van der Waals surface area (Å²) in [4.78, 5) is 27.9. The summed E-state index contributed by atoms with van der Waals surface area (Å²) in [5, 5.41) is 3.43. The number of hydrogen-bond donors (Lipinski definition) is 1. The van der Waals surface area contributed by atoms with Crippen LogP contribution >= 0.6 is 11.6 Å². The lowest BCUT2D eigenvalue weighted by molar-refractivity contribution is -0.120. The van der Waals surface area contributed by atoms with Gasteiger partial charge in [-0.05, 0) is 55.0 Å². The van der Waals surface area contributed by atoms with E-state index in [0.717, 1.165) is 10.5 Å². The number of aryl methyl sites for hydroxylation is 1. The van der Waals surface area contributed by atoms with Crippen LogP contribution in [0.5, 0.6) is 5.75 Å². The van der Waals surface area contributed by atoms with Crippen molar-refractivity contribution in [2.24, 2.45) is 0 Å². The molecule has 5 nitrogen and oxygen atoms in total. The highest BCUT2D eigenvalue weighted by atomic mass is 35.5. The fraction of sp³-hybridized carbons (Fsp3) is 0.0833. The predicted molar refractivity (Wildman–Crippen MR) is 119 cm³/mol. The molecule has 0 spiro atoms. The first-order valence-electron chi connectivity index (χ1n) is 9.46. The number of anilines is 2. The van der Waals surface area contributed by atoms with Gasteiger partial charge in [0.2, 0.25) is 0 Å². The quantitative estimate of drug-likeness (QED) is 0.559. The van der Waals surface area contributed by atoms with E-state index in [1.165, 1.54) is 31.4 Å². The summed E-state index contributed by atoms with van der Waals surface area (Å²) in [6.07, 6.45) is 0. The number of carbonyl (C=O) groups is 2. The summed E-state index contributed by atoms with van der Waals surface area (Å²) in [6, 6.07) is 17.4. The molecule has 0 aromatic heterocycles. The van der Waals surface area contributed by atoms with E-state index in [0.29, 0.717) is 27.7 Å². The molecule has 3 aromatic rings. The molecule has 0 saturated heterocycles. The maximum atomic E-state index is 13.5. The Morgan fingerprint density at radius 1 is 0.968 bits per heavy atom. The molecule has 0 radical (unpaired) electrons. The van der Waals surface area contributed by atoms with E-state index in [1.54, 1.807) is 42.5 Å². The van der Waals surface area contributed by atoms with Crippen molar-refractivity contribution in [2.45, 2.75) is 6.92 Å². The molecule has 31 heavy (non-hydrogen) atoms. The minimum atomic E-state index is -0.546. The number of halogens is 2. The van der Waals surface area contributed by atoms with Gasteiger partial charge in [-0.3, -0.25) is 9.59 Å². The highest BCUT2D eigenvalue weighted by Crippen LogP contribution is 2.38. The molecule has 0 unspecified atom stereocenters. The van der Waals surface area contributed by atoms with Gasteiger partial charge in [0.15, 0.2) is 0 Å². The smallest absolute Gasteiger partial charge is 0.282 e. The second-order valence-corrected chi connectivity index (χ2v) is 7.37. The molecule has 1 N–H and O–H groups in total. The Morgan fingerprint density at radius 3 is 2.35 bits per heavy atom. The summed E-state index contributed by atoms with van der Waals surface area (Å²) in [7, 11) is 1.49. The van der Waals surface area contributed by atoms with E-state index in [9.17, 15) is 14.0 Å². The van der Waals surface area contributed by atoms with E-state index >= 15 is 0 Å². The lowest BCUT2D eigenvalue weighted by Gasteiger charge is -2.16. The Bertz CT molecular complexity index is 1220. The normalized spacial score (nSPS) is 13.7. The second kappa shape index (κ2) is 8.24. The summed E-state index contributed by atoms with van der Waals surface area (Å²) in [5.74, 6) is -1.02. The van der Waals surface area contributed by atoms with Crippen molar-refractivity contribution in [1.82, 2.24) is 0 Å². The maximum absolute atomic E-state index is 13.5. The van der Waals surface area contributed by atoms with Crippen molar-refractivity contribution in [1.29, 1.82) is 0 Å². The van der Waals surface area contributed by atoms with Crippen LogP contribution in [-0.4, -0.2) is 18.9 Å². The largest absolute Gasteiger partial charge is 0.496 e. The number of nitrogens with one attached hydrogen (secondary N) is 1. The number of nitrogens with zero attached hydrogens (tertiary/aromatic N) is 1. The van der Waals surface area contributed by atoms with Gasteiger partial charge in [0, 0.05) is 16.3 Å². The SMILES string of the molecule is COc1ccccc1C1=C(Nc2ccc(F)cc2)C(=O)N(c2ccc(C)c(Cl)c2)C1=O. The fourth-order valence-electron chi connectivity index (χ4n) is 3.38. The zero-order valence-electron chi connectivity index (χ0n) is 16.8. The van der Waals surface area contributed by atoms with Gasteiger partial charge in [-0.2, -0.15) is 0 Å². The number of carbonyl (C=O) groups excluding carboxylic acids is 2. The molecular formula is C24H18ClFN2O3. The molecule has 0 bridgehead atoms. The van der Waals surface area contributed by atoms with Crippen molar-refractivity contribution < 1.29 is 18.7 Å². The number of hydrogen-bond acceptors (Lipinski definition) is 4. The fourth-order valence-corrected chi connectivity index (χ4v) is 3.55. The van der Waals surface area contributed by atoms with Crippen molar-refractivity contribution in [2.75, 3.05) is 17.3 Å². The highest BCUT2D eigenvalue weighted by Gasteiger charge is 2.41. The zero-order valence-corrected chi connectivity index (χ0v) is 17.5. The molecule has 7 heteroatoms. The molecule has 1 aliphatic heterocycles. The third-order valence-electron chi connectivity index (χ3n) is 4.99. The van der Waals surface area contributed by atoms with E-state index < -0.39 is 17.6 Å². The highest BCUT2D eigenvalue weighted by molar-refractivity contribution is 6.46. The average molecular weight is 437 g/mol. The standard InChI is InChI=1S/C24H18ClFN2O3/c1-14-7-12-17(13-19(14)25)28-23(29)21(18-5-3-4-6-20(18)31-2)22(24(28)30)27-16-10-8-15(26)9-11-16/h3-13,27H,1-2H3. The van der Waals surface area contributed by atoms with Crippen LogP contribution in [0.4, 0.5) is 15.8 Å². The van der Waals surface area contributed by atoms with Crippen LogP contribution in [0.15, 0.2) is 72.4 Å². The molecule has 1 heterocycles. The first kappa shape index (κ1) is 20.6. The van der Waals surface area contributed by atoms with Gasteiger partial charge < -0.3 is 10.1 Å². The molecular weight excluding hydrogens is 419 g/mol. The zero-order chi connectivity index (χ0) is 22.1. The minimum Gasteiger partial charge on any atom is -0.496 e. The van der Waals surface area contributed by atoms with Gasteiger partial charge in [-0.1, -0.05) is 35.9 Å². The van der Waals surface area contributed by atoms with Crippen LogP contribution in [-0.2, 0) is 9.59 Å². The Morgan fingerprint density at radius 2 is 1.68 bits per heavy atom. The van der Waals surface area contributed by atoms with Crippen LogP contribution in [0.3, 0.4) is 0 Å². The first-order chi connectivity index (χ1) is 14.9. The van der Waals surface area contributed by atoms with E-state index in [-0.39, 0.29) is 11.3 Å². The maximum Gasteiger partial charge on any atom is 0.282 e. The summed E-state index contributed by atoms with van der Waals surface area (Å²) in [6.45, 7) is 1.83. The van der Waals surface area contributed by atoms with Gasteiger partial charge in [0.25, 0.3) is 11.8 Å². The average Bonchev–Trinajstić information content (AvgIpc) is 3.01. The topological polar surface area (TPSA) is 58.6 Å². The predicted octanol–water partition coefficient (Wildman–Crippen LogP) is 5.19. The molecule has 1 aliphatic rings. The molecule has 0 atom stereocenters. The second-order valence-electron chi connectivity index (χ2n) is 6.96. The molecule has 3 aromatic carbocycles. The summed E-state index contributed by atoms with van der Waals surface area (Å²) in [5.41, 5.74) is 2.34. The van der Waals surface area contributed by atoms with Crippen LogP contribution in [0.25, 0.3) is 5.57 Å². The van der Waals surface area contributed by atoms with Crippen LogP contribution in [0, 0.1) is 12.7 Å². The van der Waals surface area contributed by atoms with E-state index in [4.69, 9.17) is 16.3 Å². The Hall–Kier alpha value is -3.64. The third-order valence-corrected chi connectivity index (χ3v) is 5.39. The van der Waals surface area contributed by atoms with Crippen molar-refractivity contribution in [3.8, 4) is 5.75 Å². The molecule has 2 amide bonds. The van der Waals surface area contributed by atoms with Gasteiger partial charge >= 0.3 is 0 Å². The monoisotopic (exact) mass is 436 g/mol. The summed E-state index contributed by atoms with van der Waals surface area (Å²) < 4.78 is 18.8. The third kappa shape index (κ3) is 3.78. The Balaban J connectivity index is 1.86. The first-order valence-corrected chi connectivity index (χ1v) is 9.83. The Kier molecular flexibility index (Phi) is 5.48. The number of imide groups is 1. The van der Waals surface area contributed by atoms with Crippen molar-refractivity contribution >= 4 is 40.4 Å². The van der Waals surface area contributed by atoms with Crippen LogP contribution < -0.4 is 15.0 Å². The van der Waals surface area contributed by atoms with Gasteiger partial charge in [-0.25, -0.2) is 9.29 Å². The van der Waals surface area contributed by atoms with Gasteiger partial charge in [0.1, 0.15) is 17.3 Å². The number of methoxy groups -OCH3 is 1. The number of amides is 2. The van der Waals surface area contributed by atoms with E-state index in [1.807, 2.05) is 6.92 Å². The number of rotatable bonds is 5. The van der Waals surface area contributed by atoms with Gasteiger partial charge in [-0.15, -0.1) is 0 Å². The molecule has 4 rings (SSSR count). The summed E-state index contributed by atoms with van der Waals surface area (Å²) >= 11 is 6.24. The van der Waals surface area contributed by atoms with Crippen molar-refractivity contribution in [3.05, 3.63) is 94.4 Å². The lowest BCUT2D eigenvalue weighted by Crippen LogP contribution is -2.32. The molecule has 156 valence electrons. The molecule has 0 fully saturated rings. The van der Waals surface area contributed by atoms with Crippen LogP contribution in [0.2, 0.25) is 5.02 Å². The number of benzene rings is 3. The molecule has 0 saturated carbocycles. The molecule has 0 aliphatic carbocycles. The number of ether oxygens (including phenoxy) is 1. The van der Waals surface area contributed by atoms with Crippen molar-refractivity contribution in [3.63, 3.8) is 0 Å².